The molecule has 0 spiro atoms. The fraction of sp³-hybridized carbons (Fsp3) is 0.0909. The van der Waals surface area contributed by atoms with Crippen LogP contribution in [0.4, 0.5) is 5.69 Å². The van der Waals surface area contributed by atoms with E-state index in [9.17, 15) is 4.79 Å². The molecule has 1 N–H and O–H groups in total. The first-order valence-electron chi connectivity index (χ1n) is 4.52. The molecule has 0 atom stereocenters. The monoisotopic (exact) mass is 288 g/mol. The van der Waals surface area contributed by atoms with Crippen LogP contribution in [0.2, 0.25) is 0 Å². The van der Waals surface area contributed by atoms with Crippen molar-refractivity contribution in [1.29, 1.82) is 5.26 Å². The van der Waals surface area contributed by atoms with Gasteiger partial charge < -0.3 is 5.32 Å². The minimum Gasteiger partial charge on any atom is -0.325 e. The van der Waals surface area contributed by atoms with Crippen molar-refractivity contribution in [1.82, 2.24) is 0 Å². The number of hydrogen-bond acceptors (Lipinski definition) is 2. The van der Waals surface area contributed by atoms with E-state index in [1.54, 1.807) is 30.3 Å². The Labute approximate surface area is 114 Å². The molecule has 0 radical (unpaired) electrons. The number of amides is 1. The molecule has 0 bridgehead atoms. The molecule has 0 aromatic heterocycles. The van der Waals surface area contributed by atoms with Crippen LogP contribution in [0, 0.1) is 11.3 Å². The van der Waals surface area contributed by atoms with Crippen molar-refractivity contribution >= 4 is 51.4 Å². The lowest BCUT2D eigenvalue weighted by Crippen LogP contribution is -2.10. The number of nitriles is 1. The molecule has 3 nitrogen and oxygen atoms in total. The Morgan fingerprint density at radius 3 is 2.65 bits per heavy atom. The predicted molar refractivity (Wildman–Crippen MR) is 69.8 cm³/mol. The van der Waals surface area contributed by atoms with Crippen LogP contribution in [-0.2, 0) is 4.79 Å². The van der Waals surface area contributed by atoms with E-state index in [0.29, 0.717) is 11.3 Å². The van der Waals surface area contributed by atoms with Gasteiger partial charge in [0.2, 0.25) is 5.91 Å². The summed E-state index contributed by atoms with van der Waals surface area (Å²) < 4.78 is -0.0489. The topological polar surface area (TPSA) is 52.9 Å². The Bertz CT molecular complexity index is 502. The molecule has 1 rings (SSSR count). The molecule has 0 aliphatic rings. The van der Waals surface area contributed by atoms with Crippen LogP contribution in [0.3, 0.4) is 0 Å². The van der Waals surface area contributed by atoms with Crippen molar-refractivity contribution < 1.29 is 4.79 Å². The third-order valence-electron chi connectivity index (χ3n) is 1.81. The summed E-state index contributed by atoms with van der Waals surface area (Å²) in [5, 5.41) is 11.1. The van der Waals surface area contributed by atoms with Gasteiger partial charge in [-0.1, -0.05) is 46.9 Å². The standard InChI is InChI=1S/C11H7Cl3N2O/c12-10(11(13)14)7-2-1-3-8(6-7)16-9(17)4-5-15/h1-3,6H,4H2,(H,16,17). The quantitative estimate of drug-likeness (QED) is 0.918. The number of halogens is 3. The van der Waals surface area contributed by atoms with Crippen LogP contribution < -0.4 is 5.32 Å². The molecule has 0 unspecified atom stereocenters. The van der Waals surface area contributed by atoms with Crippen LogP contribution in [0.15, 0.2) is 28.8 Å². The van der Waals surface area contributed by atoms with Crippen molar-refractivity contribution in [3.8, 4) is 6.07 Å². The molecule has 1 aromatic carbocycles. The first-order valence-corrected chi connectivity index (χ1v) is 5.66. The van der Waals surface area contributed by atoms with Crippen LogP contribution in [0.25, 0.3) is 5.03 Å². The van der Waals surface area contributed by atoms with Crippen LogP contribution in [0.5, 0.6) is 0 Å². The van der Waals surface area contributed by atoms with Gasteiger partial charge in [0.05, 0.1) is 11.1 Å². The maximum atomic E-state index is 11.2. The molecule has 6 heteroatoms. The fourth-order valence-corrected chi connectivity index (χ4v) is 1.46. The molecule has 1 aromatic rings. The molecular weight excluding hydrogens is 282 g/mol. The van der Waals surface area contributed by atoms with E-state index in [4.69, 9.17) is 40.1 Å². The van der Waals surface area contributed by atoms with Gasteiger partial charge in [-0.3, -0.25) is 4.79 Å². The van der Waals surface area contributed by atoms with Gasteiger partial charge in [0.1, 0.15) is 10.9 Å². The molecule has 0 aliphatic heterocycles. The van der Waals surface area contributed by atoms with E-state index in [1.807, 2.05) is 0 Å². The van der Waals surface area contributed by atoms with Crippen molar-refractivity contribution in [2.24, 2.45) is 0 Å². The fourth-order valence-electron chi connectivity index (χ4n) is 1.12. The van der Waals surface area contributed by atoms with Gasteiger partial charge in [0.15, 0.2) is 0 Å². The van der Waals surface area contributed by atoms with E-state index in [1.165, 1.54) is 0 Å². The maximum absolute atomic E-state index is 11.2. The average Bonchev–Trinajstić information content (AvgIpc) is 2.28. The van der Waals surface area contributed by atoms with E-state index < -0.39 is 0 Å². The number of rotatable bonds is 3. The molecule has 1 amide bonds. The number of carbonyl (C=O) groups excluding carboxylic acids is 1. The summed E-state index contributed by atoms with van der Waals surface area (Å²) in [6.07, 6.45) is -0.204. The highest BCUT2D eigenvalue weighted by Gasteiger charge is 2.06. The number of nitrogens with one attached hydrogen (secondary N) is 1. The summed E-state index contributed by atoms with van der Waals surface area (Å²) in [6, 6.07) is 8.43. The Balaban J connectivity index is 2.91. The zero-order chi connectivity index (χ0) is 12.8. The van der Waals surface area contributed by atoms with E-state index >= 15 is 0 Å². The normalized spacial score (nSPS) is 9.29. The molecule has 0 fully saturated rings. The lowest BCUT2D eigenvalue weighted by atomic mass is 10.2. The summed E-state index contributed by atoms with van der Waals surface area (Å²) in [4.78, 5) is 11.2. The van der Waals surface area contributed by atoms with Crippen molar-refractivity contribution in [2.45, 2.75) is 6.42 Å². The minimum atomic E-state index is -0.387. The third kappa shape index (κ3) is 4.27. The molecule has 0 saturated heterocycles. The second-order valence-electron chi connectivity index (χ2n) is 3.04. The Kier molecular flexibility index (Phi) is 5.30. The largest absolute Gasteiger partial charge is 0.325 e. The molecule has 88 valence electrons. The smallest absolute Gasteiger partial charge is 0.238 e. The van der Waals surface area contributed by atoms with E-state index in [-0.39, 0.29) is 21.9 Å². The number of hydrogen-bond donors (Lipinski definition) is 1. The first kappa shape index (κ1) is 13.9. The maximum Gasteiger partial charge on any atom is 0.238 e. The van der Waals surface area contributed by atoms with Crippen molar-refractivity contribution in [3.63, 3.8) is 0 Å². The van der Waals surface area contributed by atoms with E-state index in [0.717, 1.165) is 0 Å². The second-order valence-corrected chi connectivity index (χ2v) is 4.37. The summed E-state index contributed by atoms with van der Waals surface area (Å²) in [6.45, 7) is 0. The lowest BCUT2D eigenvalue weighted by molar-refractivity contribution is -0.115. The molecule has 0 saturated carbocycles. The van der Waals surface area contributed by atoms with Gasteiger partial charge in [0.25, 0.3) is 0 Å². The summed E-state index contributed by atoms with van der Waals surface area (Å²) in [5.74, 6) is -0.387. The van der Waals surface area contributed by atoms with Crippen molar-refractivity contribution in [3.05, 3.63) is 34.3 Å². The third-order valence-corrected chi connectivity index (χ3v) is 2.78. The van der Waals surface area contributed by atoms with Gasteiger partial charge in [-0.15, -0.1) is 0 Å². The summed E-state index contributed by atoms with van der Waals surface area (Å²) in [7, 11) is 0. The zero-order valence-electron chi connectivity index (χ0n) is 8.51. The number of carbonyl (C=O) groups is 1. The van der Waals surface area contributed by atoms with E-state index in [2.05, 4.69) is 5.32 Å². The first-order chi connectivity index (χ1) is 8.04. The number of nitrogens with zero attached hydrogens (tertiary/aromatic N) is 1. The summed E-state index contributed by atoms with van der Waals surface area (Å²) in [5.41, 5.74) is 1.11. The van der Waals surface area contributed by atoms with Crippen LogP contribution in [0.1, 0.15) is 12.0 Å². The second kappa shape index (κ2) is 6.51. The predicted octanol–water partition coefficient (Wildman–Crippen LogP) is 3.88. The molecule has 17 heavy (non-hydrogen) atoms. The van der Waals surface area contributed by atoms with Crippen molar-refractivity contribution in [2.75, 3.05) is 5.32 Å². The van der Waals surface area contributed by atoms with Crippen LogP contribution in [-0.4, -0.2) is 5.91 Å². The Morgan fingerprint density at radius 2 is 2.06 bits per heavy atom. The van der Waals surface area contributed by atoms with Gasteiger partial charge in [-0.05, 0) is 17.7 Å². The Hall–Kier alpha value is -1.21. The van der Waals surface area contributed by atoms with Gasteiger partial charge in [-0.2, -0.15) is 5.26 Å². The average molecular weight is 290 g/mol. The highest BCUT2D eigenvalue weighted by molar-refractivity contribution is 6.66. The zero-order valence-corrected chi connectivity index (χ0v) is 10.8. The van der Waals surface area contributed by atoms with Gasteiger partial charge in [-0.25, -0.2) is 0 Å². The Morgan fingerprint density at radius 1 is 1.35 bits per heavy atom. The SMILES string of the molecule is N#CCC(=O)Nc1cccc(C(Cl)=C(Cl)Cl)c1. The summed E-state index contributed by atoms with van der Waals surface area (Å²) >= 11 is 17.0. The van der Waals surface area contributed by atoms with Gasteiger partial charge in [0, 0.05) is 5.69 Å². The molecule has 0 aliphatic carbocycles. The number of anilines is 1. The van der Waals surface area contributed by atoms with Crippen LogP contribution >= 0.6 is 34.8 Å². The lowest BCUT2D eigenvalue weighted by Gasteiger charge is -2.05. The minimum absolute atomic E-state index is 0.0489. The number of benzene rings is 1. The molecular formula is C11H7Cl3N2O. The van der Waals surface area contributed by atoms with Gasteiger partial charge >= 0.3 is 0 Å². The highest BCUT2D eigenvalue weighted by atomic mass is 35.5. The molecule has 0 heterocycles. The highest BCUT2D eigenvalue weighted by Crippen LogP contribution is 2.29.